The molecule has 0 unspecified atom stereocenters. The van der Waals surface area contributed by atoms with E-state index < -0.39 is 17.6 Å². The van der Waals surface area contributed by atoms with Crippen LogP contribution in [0.25, 0.3) is 0 Å². The van der Waals surface area contributed by atoms with Crippen LogP contribution in [0.2, 0.25) is 0 Å². The molecule has 0 radical (unpaired) electrons. The van der Waals surface area contributed by atoms with E-state index in [1.807, 2.05) is 13.8 Å². The summed E-state index contributed by atoms with van der Waals surface area (Å²) in [5, 5.41) is -0.0430. The lowest BCUT2D eigenvalue weighted by Crippen LogP contribution is -2.38. The molecular weight excluding hydrogens is 439 g/mol. The summed E-state index contributed by atoms with van der Waals surface area (Å²) in [5.74, 6) is 0.727. The van der Waals surface area contributed by atoms with Crippen molar-refractivity contribution in [2.24, 2.45) is 11.7 Å². The lowest BCUT2D eigenvalue weighted by molar-refractivity contribution is 0.351. The molecule has 4 N–H and O–H groups in total. The van der Waals surface area contributed by atoms with E-state index in [2.05, 4.69) is 0 Å². The number of rotatable bonds is 11. The highest BCUT2D eigenvalue weighted by atomic mass is 32.2. The van der Waals surface area contributed by atoms with E-state index in [0.717, 1.165) is 5.56 Å². The van der Waals surface area contributed by atoms with Crippen LogP contribution >= 0.6 is 7.60 Å². The summed E-state index contributed by atoms with van der Waals surface area (Å²) in [4.78, 5) is 18.6. The Bertz CT molecular complexity index is 988. The average molecular weight is 471 g/mol. The van der Waals surface area contributed by atoms with Gasteiger partial charge in [0.2, 0.25) is 10.0 Å². The van der Waals surface area contributed by atoms with Gasteiger partial charge in [-0.2, -0.15) is 4.31 Å². The Hall–Kier alpha value is -1.74. The summed E-state index contributed by atoms with van der Waals surface area (Å²) in [7, 11) is -6.43. The fourth-order valence-corrected chi connectivity index (χ4v) is 5.31. The second-order valence-electron chi connectivity index (χ2n) is 7.90. The number of nitrogens with two attached hydrogens (primary N) is 1. The number of sulfonamides is 1. The molecule has 2 aromatic rings. The van der Waals surface area contributed by atoms with E-state index in [0.29, 0.717) is 25.1 Å². The number of benzene rings is 2. The van der Waals surface area contributed by atoms with Gasteiger partial charge in [0.15, 0.2) is 0 Å². The highest BCUT2D eigenvalue weighted by Crippen LogP contribution is 2.32. The molecular formula is C21H31N2O6PS. The van der Waals surface area contributed by atoms with Gasteiger partial charge in [-0.15, -0.1) is 0 Å². The summed E-state index contributed by atoms with van der Waals surface area (Å²) in [6.45, 7) is 4.56. The minimum absolute atomic E-state index is 0.0430. The zero-order valence-corrected chi connectivity index (χ0v) is 19.7. The van der Waals surface area contributed by atoms with Crippen LogP contribution in [0, 0.1) is 5.92 Å². The Morgan fingerprint density at radius 3 is 2.13 bits per heavy atom. The van der Waals surface area contributed by atoms with Crippen LogP contribution in [0.1, 0.15) is 25.8 Å². The second kappa shape index (κ2) is 10.7. The maximum atomic E-state index is 13.1. The van der Waals surface area contributed by atoms with Gasteiger partial charge in [0, 0.05) is 19.1 Å². The molecule has 2 aromatic carbocycles. The zero-order valence-electron chi connectivity index (χ0n) is 18.0. The van der Waals surface area contributed by atoms with Crippen molar-refractivity contribution in [3.05, 3.63) is 54.1 Å². The predicted molar refractivity (Wildman–Crippen MR) is 121 cm³/mol. The van der Waals surface area contributed by atoms with Crippen molar-refractivity contribution >= 4 is 22.9 Å². The molecule has 31 heavy (non-hydrogen) atoms. The fraction of sp³-hybridized carbons (Fsp3) is 0.429. The number of nitrogens with zero attached hydrogens (tertiary/aromatic N) is 1. The van der Waals surface area contributed by atoms with Crippen LogP contribution in [0.4, 0.5) is 0 Å². The van der Waals surface area contributed by atoms with Gasteiger partial charge in [0.05, 0.1) is 17.3 Å². The van der Waals surface area contributed by atoms with Gasteiger partial charge >= 0.3 is 7.60 Å². The van der Waals surface area contributed by atoms with E-state index >= 15 is 0 Å². The Morgan fingerprint density at radius 1 is 1.06 bits per heavy atom. The molecule has 0 aromatic heterocycles. The van der Waals surface area contributed by atoms with Crippen molar-refractivity contribution in [1.29, 1.82) is 0 Å². The van der Waals surface area contributed by atoms with Crippen molar-refractivity contribution in [2.75, 3.05) is 20.2 Å². The highest BCUT2D eigenvalue weighted by Gasteiger charge is 2.26. The molecule has 0 spiro atoms. The monoisotopic (exact) mass is 470 g/mol. The third kappa shape index (κ3) is 7.42. The van der Waals surface area contributed by atoms with Crippen LogP contribution in [0.5, 0.6) is 5.75 Å². The van der Waals surface area contributed by atoms with Crippen molar-refractivity contribution in [1.82, 2.24) is 4.31 Å². The molecule has 0 aliphatic rings. The van der Waals surface area contributed by atoms with Gasteiger partial charge in [-0.05, 0) is 60.7 Å². The minimum atomic E-state index is -4.28. The molecule has 0 bridgehead atoms. The first-order chi connectivity index (χ1) is 14.4. The molecule has 0 fully saturated rings. The van der Waals surface area contributed by atoms with Crippen molar-refractivity contribution in [3.63, 3.8) is 0 Å². The summed E-state index contributed by atoms with van der Waals surface area (Å²) in [6, 6.07) is 12.0. The molecule has 0 saturated carbocycles. The third-order valence-corrected chi connectivity index (χ3v) is 7.64. The first kappa shape index (κ1) is 25.5. The topological polar surface area (TPSA) is 130 Å². The molecule has 2 rings (SSSR count). The maximum absolute atomic E-state index is 13.1. The van der Waals surface area contributed by atoms with Crippen molar-refractivity contribution in [3.8, 4) is 5.75 Å². The Balaban J connectivity index is 2.07. The molecule has 1 atom stereocenters. The molecule has 0 heterocycles. The Labute approximate surface area is 184 Å². The van der Waals surface area contributed by atoms with Crippen LogP contribution < -0.4 is 15.8 Å². The highest BCUT2D eigenvalue weighted by molar-refractivity contribution is 7.89. The first-order valence-electron chi connectivity index (χ1n) is 9.98. The smallest absolute Gasteiger partial charge is 0.356 e. The number of methoxy groups -OCH3 is 1. The van der Waals surface area contributed by atoms with Gasteiger partial charge in [0.1, 0.15) is 5.75 Å². The lowest BCUT2D eigenvalue weighted by atomic mass is 10.0. The second-order valence-corrected chi connectivity index (χ2v) is 11.4. The standard InChI is InChI=1S/C21H31N2O6PS/c1-16(2)15-23(31(27,28)21-10-6-19(29-3)7-11-21)13-12-18(22)14-17-4-8-20(9-5-17)30(24,25)26/h4-11,16,18H,12-15,22H2,1-3H3,(H2,24,25,26)/t18-/m1/s1. The van der Waals surface area contributed by atoms with Crippen LogP contribution in [-0.2, 0) is 21.0 Å². The van der Waals surface area contributed by atoms with Crippen molar-refractivity contribution < 1.29 is 27.5 Å². The molecule has 0 amide bonds. The molecule has 10 heteroatoms. The SMILES string of the molecule is COc1ccc(S(=O)(=O)N(CC[C@@H](N)Cc2ccc(P(=O)(O)O)cc2)CC(C)C)cc1. The summed E-state index contributed by atoms with van der Waals surface area (Å²) in [5.41, 5.74) is 7.07. The van der Waals surface area contributed by atoms with E-state index in [-0.39, 0.29) is 28.7 Å². The van der Waals surface area contributed by atoms with Crippen molar-refractivity contribution in [2.45, 2.75) is 37.6 Å². The molecule has 0 saturated heterocycles. The number of hydrogen-bond acceptors (Lipinski definition) is 5. The number of ether oxygens (including phenoxy) is 1. The summed E-state index contributed by atoms with van der Waals surface area (Å²) in [6.07, 6.45) is 0.919. The quantitative estimate of drug-likeness (QED) is 0.429. The summed E-state index contributed by atoms with van der Waals surface area (Å²) >= 11 is 0. The predicted octanol–water partition coefficient (Wildman–Crippen LogP) is 2.10. The van der Waals surface area contributed by atoms with Gasteiger partial charge in [-0.3, -0.25) is 4.57 Å². The van der Waals surface area contributed by atoms with Gasteiger partial charge in [-0.1, -0.05) is 26.0 Å². The van der Waals surface area contributed by atoms with Crippen LogP contribution in [0.3, 0.4) is 0 Å². The summed E-state index contributed by atoms with van der Waals surface area (Å²) < 4.78 is 44.1. The maximum Gasteiger partial charge on any atom is 0.356 e. The molecule has 8 nitrogen and oxygen atoms in total. The fourth-order valence-electron chi connectivity index (χ4n) is 3.15. The largest absolute Gasteiger partial charge is 0.497 e. The molecule has 0 aliphatic carbocycles. The minimum Gasteiger partial charge on any atom is -0.497 e. The van der Waals surface area contributed by atoms with E-state index in [9.17, 15) is 22.8 Å². The van der Waals surface area contributed by atoms with Gasteiger partial charge in [-0.25, -0.2) is 8.42 Å². The lowest BCUT2D eigenvalue weighted by Gasteiger charge is -2.25. The van der Waals surface area contributed by atoms with E-state index in [1.54, 1.807) is 24.3 Å². The van der Waals surface area contributed by atoms with Crippen LogP contribution in [-0.4, -0.2) is 48.8 Å². The Kier molecular flexibility index (Phi) is 8.83. The van der Waals surface area contributed by atoms with E-state index in [1.165, 1.54) is 35.7 Å². The molecule has 172 valence electrons. The average Bonchev–Trinajstić information content (AvgIpc) is 2.70. The number of hydrogen-bond donors (Lipinski definition) is 3. The van der Waals surface area contributed by atoms with Gasteiger partial charge < -0.3 is 20.3 Å². The Morgan fingerprint density at radius 2 is 1.65 bits per heavy atom. The van der Waals surface area contributed by atoms with Gasteiger partial charge in [0.25, 0.3) is 0 Å². The molecule has 0 aliphatic heterocycles. The third-order valence-electron chi connectivity index (χ3n) is 4.79. The first-order valence-corrected chi connectivity index (χ1v) is 13.0. The normalized spacial score (nSPS) is 13.5. The van der Waals surface area contributed by atoms with Crippen LogP contribution in [0.15, 0.2) is 53.4 Å². The zero-order chi connectivity index (χ0) is 23.2. The van der Waals surface area contributed by atoms with E-state index in [4.69, 9.17) is 10.5 Å².